The molecule has 0 bridgehead atoms. The number of pyridine rings is 1. The summed E-state index contributed by atoms with van der Waals surface area (Å²) in [5.41, 5.74) is -5.59. The molecule has 1 N–H and O–H groups in total. The van der Waals surface area contributed by atoms with Gasteiger partial charge < -0.3 is 0 Å². The fourth-order valence-electron chi connectivity index (χ4n) is 3.19. The molecule has 0 amide bonds. The van der Waals surface area contributed by atoms with Crippen molar-refractivity contribution < 1.29 is 21.6 Å². The minimum absolute atomic E-state index is 0.0741. The molecule has 1 aromatic carbocycles. The summed E-state index contributed by atoms with van der Waals surface area (Å²) in [6.07, 6.45) is 0. The Bertz CT molecular complexity index is 1460. The van der Waals surface area contributed by atoms with Crippen molar-refractivity contribution in [3.05, 3.63) is 69.2 Å². The molecule has 4 aromatic rings. The van der Waals surface area contributed by atoms with E-state index in [0.29, 0.717) is 21.5 Å². The zero-order chi connectivity index (χ0) is 21.7. The maximum Gasteiger partial charge on any atom is 0.511 e. The van der Waals surface area contributed by atoms with Gasteiger partial charge in [0.2, 0.25) is 0 Å². The SMILES string of the molecule is O=c1c2cccc3nc(-c4ccccc4)c(c(=O)n1CCNS(=O)(=O)C(F)(F)F)n32. The summed E-state index contributed by atoms with van der Waals surface area (Å²) in [5.74, 6) is 0. The summed E-state index contributed by atoms with van der Waals surface area (Å²) in [7, 11) is -5.59. The van der Waals surface area contributed by atoms with Gasteiger partial charge in [0.1, 0.15) is 22.4 Å². The number of rotatable bonds is 5. The van der Waals surface area contributed by atoms with Crippen LogP contribution in [0.2, 0.25) is 0 Å². The zero-order valence-corrected chi connectivity index (χ0v) is 15.9. The number of hydrogen-bond acceptors (Lipinski definition) is 5. The topological polar surface area (TPSA) is 103 Å². The van der Waals surface area contributed by atoms with Gasteiger partial charge in [-0.05, 0) is 12.1 Å². The molecule has 0 atom stereocenters. The Morgan fingerprint density at radius 1 is 0.967 bits per heavy atom. The fraction of sp³-hybridized carbons (Fsp3) is 0.167. The van der Waals surface area contributed by atoms with Crippen LogP contribution in [0.3, 0.4) is 0 Å². The Balaban J connectivity index is 1.86. The largest absolute Gasteiger partial charge is 0.511 e. The summed E-state index contributed by atoms with van der Waals surface area (Å²) < 4.78 is 63.3. The molecule has 156 valence electrons. The summed E-state index contributed by atoms with van der Waals surface area (Å²) in [5, 5.41) is 0. The lowest BCUT2D eigenvalue weighted by molar-refractivity contribution is -0.0447. The molecule has 30 heavy (non-hydrogen) atoms. The number of hydrogen-bond donors (Lipinski definition) is 1. The maximum absolute atomic E-state index is 13.1. The molecule has 3 heterocycles. The molecule has 4 rings (SSSR count). The van der Waals surface area contributed by atoms with E-state index < -0.39 is 39.7 Å². The first kappa shape index (κ1) is 20.0. The second kappa shape index (κ2) is 6.92. The van der Waals surface area contributed by atoms with Crippen LogP contribution in [0.5, 0.6) is 0 Å². The summed E-state index contributed by atoms with van der Waals surface area (Å²) in [6, 6.07) is 13.4. The Morgan fingerprint density at radius 2 is 1.67 bits per heavy atom. The average molecular weight is 438 g/mol. The molecule has 3 aromatic heterocycles. The highest BCUT2D eigenvalue weighted by atomic mass is 32.2. The molecule has 0 aliphatic rings. The van der Waals surface area contributed by atoms with Gasteiger partial charge in [-0.15, -0.1) is 0 Å². The van der Waals surface area contributed by atoms with Crippen LogP contribution in [0.4, 0.5) is 13.2 Å². The van der Waals surface area contributed by atoms with Crippen molar-refractivity contribution >= 4 is 26.7 Å². The van der Waals surface area contributed by atoms with Crippen molar-refractivity contribution in [2.45, 2.75) is 12.1 Å². The van der Waals surface area contributed by atoms with Crippen molar-refractivity contribution in [1.29, 1.82) is 0 Å². The average Bonchev–Trinajstić information content (AvgIpc) is 3.09. The molecule has 0 unspecified atom stereocenters. The lowest BCUT2D eigenvalue weighted by Crippen LogP contribution is -2.42. The summed E-state index contributed by atoms with van der Waals surface area (Å²) in [6.45, 7) is -1.37. The van der Waals surface area contributed by atoms with E-state index in [0.717, 1.165) is 0 Å². The predicted molar refractivity (Wildman–Crippen MR) is 103 cm³/mol. The molecular formula is C18H13F3N4O4S. The first-order valence-electron chi connectivity index (χ1n) is 8.61. The zero-order valence-electron chi connectivity index (χ0n) is 15.0. The van der Waals surface area contributed by atoms with Gasteiger partial charge in [-0.25, -0.2) is 18.1 Å². The van der Waals surface area contributed by atoms with Crippen LogP contribution >= 0.6 is 0 Å². The number of sulfonamides is 1. The van der Waals surface area contributed by atoms with E-state index in [1.807, 2.05) is 0 Å². The third-order valence-corrected chi connectivity index (χ3v) is 5.73. The molecular weight excluding hydrogens is 425 g/mol. The van der Waals surface area contributed by atoms with Gasteiger partial charge in [0, 0.05) is 18.7 Å². The molecule has 0 spiro atoms. The monoisotopic (exact) mass is 438 g/mol. The van der Waals surface area contributed by atoms with Crippen LogP contribution < -0.4 is 15.8 Å². The van der Waals surface area contributed by atoms with Gasteiger partial charge in [-0.3, -0.25) is 18.6 Å². The smallest absolute Gasteiger partial charge is 0.283 e. The Hall–Kier alpha value is -3.25. The van der Waals surface area contributed by atoms with Crippen LogP contribution in [0.15, 0.2) is 58.1 Å². The van der Waals surface area contributed by atoms with E-state index in [9.17, 15) is 31.2 Å². The fourth-order valence-corrected chi connectivity index (χ4v) is 3.71. The standard InChI is InChI=1S/C18H13F3N4O4S/c19-18(20,21)30(28,29)22-9-10-24-16(26)12-7-4-8-13-23-14(11-5-2-1-3-6-11)15(17(24)27)25(12)13/h1-8,22H,9-10H2. The molecule has 0 fully saturated rings. The maximum atomic E-state index is 13.1. The molecule has 8 nitrogen and oxygen atoms in total. The van der Waals surface area contributed by atoms with Crippen molar-refractivity contribution in [3.63, 3.8) is 0 Å². The third kappa shape index (κ3) is 3.13. The quantitative estimate of drug-likeness (QED) is 0.510. The highest BCUT2D eigenvalue weighted by Gasteiger charge is 2.45. The molecule has 0 aliphatic heterocycles. The van der Waals surface area contributed by atoms with Crippen LogP contribution in [0, 0.1) is 0 Å². The van der Waals surface area contributed by atoms with Crippen molar-refractivity contribution in [2.24, 2.45) is 0 Å². The number of aromatic nitrogens is 3. The van der Waals surface area contributed by atoms with E-state index in [1.54, 1.807) is 42.5 Å². The second-order valence-electron chi connectivity index (χ2n) is 6.39. The number of imidazole rings is 1. The lowest BCUT2D eigenvalue weighted by Gasteiger charge is -2.11. The second-order valence-corrected chi connectivity index (χ2v) is 8.14. The Labute approximate surface area is 166 Å². The van der Waals surface area contributed by atoms with E-state index in [2.05, 4.69) is 4.98 Å². The first-order valence-corrected chi connectivity index (χ1v) is 10.1. The molecule has 0 aliphatic carbocycles. The van der Waals surface area contributed by atoms with Gasteiger partial charge in [-0.1, -0.05) is 36.4 Å². The number of alkyl halides is 3. The van der Waals surface area contributed by atoms with Gasteiger partial charge in [0.15, 0.2) is 0 Å². The molecule has 0 radical (unpaired) electrons. The van der Waals surface area contributed by atoms with Crippen LogP contribution in [-0.2, 0) is 16.6 Å². The van der Waals surface area contributed by atoms with E-state index in [1.165, 1.54) is 15.2 Å². The minimum Gasteiger partial charge on any atom is -0.283 e. The minimum atomic E-state index is -5.59. The molecule has 12 heteroatoms. The van der Waals surface area contributed by atoms with Crippen molar-refractivity contribution in [1.82, 2.24) is 18.7 Å². The highest BCUT2D eigenvalue weighted by Crippen LogP contribution is 2.24. The molecule has 0 saturated carbocycles. The number of nitrogens with one attached hydrogen (secondary N) is 1. The molecule has 0 saturated heterocycles. The first-order chi connectivity index (χ1) is 14.1. The summed E-state index contributed by atoms with van der Waals surface area (Å²) >= 11 is 0. The predicted octanol–water partition coefficient (Wildman–Crippen LogP) is 1.55. The van der Waals surface area contributed by atoms with Crippen LogP contribution in [0.25, 0.3) is 27.9 Å². The van der Waals surface area contributed by atoms with Crippen molar-refractivity contribution in [2.75, 3.05) is 6.54 Å². The van der Waals surface area contributed by atoms with E-state index in [-0.39, 0.29) is 11.0 Å². The van der Waals surface area contributed by atoms with E-state index in [4.69, 9.17) is 0 Å². The number of benzene rings is 1. The number of halogens is 3. The van der Waals surface area contributed by atoms with Crippen LogP contribution in [-0.4, -0.2) is 34.4 Å². The van der Waals surface area contributed by atoms with Gasteiger partial charge >= 0.3 is 15.5 Å². The van der Waals surface area contributed by atoms with E-state index >= 15 is 0 Å². The van der Waals surface area contributed by atoms with Crippen molar-refractivity contribution in [3.8, 4) is 11.3 Å². The Kier molecular flexibility index (Phi) is 4.62. The lowest BCUT2D eigenvalue weighted by atomic mass is 10.1. The Morgan fingerprint density at radius 3 is 2.33 bits per heavy atom. The van der Waals surface area contributed by atoms with Crippen LogP contribution in [0.1, 0.15) is 0 Å². The van der Waals surface area contributed by atoms with Gasteiger partial charge in [0.25, 0.3) is 11.1 Å². The number of nitrogens with zero attached hydrogens (tertiary/aromatic N) is 3. The van der Waals surface area contributed by atoms with Gasteiger partial charge in [-0.2, -0.15) is 13.2 Å². The van der Waals surface area contributed by atoms with Gasteiger partial charge in [0.05, 0.1) is 0 Å². The third-order valence-electron chi connectivity index (χ3n) is 4.54. The highest BCUT2D eigenvalue weighted by molar-refractivity contribution is 7.90. The normalized spacial score (nSPS) is 12.8. The summed E-state index contributed by atoms with van der Waals surface area (Å²) in [4.78, 5) is 30.3.